The molecule has 9 heteroatoms. The van der Waals surface area contributed by atoms with Gasteiger partial charge < -0.3 is 14.6 Å². The lowest BCUT2D eigenvalue weighted by molar-refractivity contribution is -0.111. The van der Waals surface area contributed by atoms with Crippen molar-refractivity contribution in [2.45, 2.75) is 68.4 Å². The lowest BCUT2D eigenvalue weighted by Crippen LogP contribution is -2.47. The standard InChI is InChI=1S/C28H34N4O3S2/c1-6-23(33)31-21-11-9-19(10-12-21)27(34)32-13-7-8-20(18(32)2)14-25-30-16-26(37-25)36-17-24-29-15-22(35-24)28(3,4)5/h6,9-12,15-16,18,20H,1,7-8,13-14,17H2,2-5H3,(H,31,33)/t18-,20?/m1/s1. The smallest absolute Gasteiger partial charge is 0.254 e. The molecule has 1 unspecified atom stereocenters. The number of thiazole rings is 1. The highest BCUT2D eigenvalue weighted by Crippen LogP contribution is 2.33. The quantitative estimate of drug-likeness (QED) is 0.266. The van der Waals surface area contributed by atoms with Crippen molar-refractivity contribution in [2.75, 3.05) is 11.9 Å². The predicted molar refractivity (Wildman–Crippen MR) is 149 cm³/mol. The van der Waals surface area contributed by atoms with Crippen LogP contribution < -0.4 is 5.32 Å². The van der Waals surface area contributed by atoms with Crippen molar-refractivity contribution < 1.29 is 14.0 Å². The summed E-state index contributed by atoms with van der Waals surface area (Å²) in [4.78, 5) is 35.8. The number of thioether (sulfide) groups is 1. The second-order valence-corrected chi connectivity index (χ2v) is 12.7. The van der Waals surface area contributed by atoms with E-state index < -0.39 is 0 Å². The first-order valence-corrected chi connectivity index (χ1v) is 14.3. The summed E-state index contributed by atoms with van der Waals surface area (Å²) in [5.74, 6) is 2.41. The highest BCUT2D eigenvalue weighted by molar-refractivity contribution is 8.00. The Morgan fingerprint density at radius 1 is 1.24 bits per heavy atom. The third kappa shape index (κ3) is 6.90. The monoisotopic (exact) mass is 538 g/mol. The van der Waals surface area contributed by atoms with Crippen molar-refractivity contribution in [3.8, 4) is 0 Å². The molecule has 0 radical (unpaired) electrons. The molecule has 2 atom stereocenters. The van der Waals surface area contributed by atoms with E-state index in [2.05, 4.69) is 49.6 Å². The molecule has 0 bridgehead atoms. The van der Waals surface area contributed by atoms with Gasteiger partial charge in [0.15, 0.2) is 0 Å². The fourth-order valence-corrected chi connectivity index (χ4v) is 6.34. The predicted octanol–water partition coefficient (Wildman–Crippen LogP) is 6.33. The molecule has 196 valence electrons. The summed E-state index contributed by atoms with van der Waals surface area (Å²) in [6.45, 7) is 12.7. The molecule has 1 fully saturated rings. The summed E-state index contributed by atoms with van der Waals surface area (Å²) in [7, 11) is 0. The first-order chi connectivity index (χ1) is 17.6. The first-order valence-electron chi connectivity index (χ1n) is 12.5. The van der Waals surface area contributed by atoms with E-state index in [9.17, 15) is 9.59 Å². The lowest BCUT2D eigenvalue weighted by atomic mass is 9.87. The van der Waals surface area contributed by atoms with Gasteiger partial charge in [0.05, 0.1) is 27.4 Å². The molecule has 2 aromatic heterocycles. The topological polar surface area (TPSA) is 88.3 Å². The van der Waals surface area contributed by atoms with E-state index in [-0.39, 0.29) is 23.3 Å². The summed E-state index contributed by atoms with van der Waals surface area (Å²) < 4.78 is 7.05. The average Bonchev–Trinajstić information content (AvgIpc) is 3.54. The second-order valence-electron chi connectivity index (χ2n) is 10.3. The zero-order chi connectivity index (χ0) is 26.6. The van der Waals surface area contributed by atoms with Crippen LogP contribution in [0.3, 0.4) is 0 Å². The van der Waals surface area contributed by atoms with E-state index in [0.29, 0.717) is 22.9 Å². The molecule has 1 N–H and O–H groups in total. The summed E-state index contributed by atoms with van der Waals surface area (Å²) in [5, 5.41) is 3.81. The molecule has 3 aromatic rings. The number of carbonyl (C=O) groups excluding carboxylic acids is 2. The van der Waals surface area contributed by atoms with Crippen molar-refractivity contribution in [1.82, 2.24) is 14.9 Å². The van der Waals surface area contributed by atoms with Gasteiger partial charge in [0.2, 0.25) is 11.8 Å². The van der Waals surface area contributed by atoms with Gasteiger partial charge in [-0.05, 0) is 56.0 Å². The molecule has 37 heavy (non-hydrogen) atoms. The third-order valence-electron chi connectivity index (χ3n) is 6.59. The fourth-order valence-electron chi connectivity index (χ4n) is 4.37. The number of hydrogen-bond acceptors (Lipinski definition) is 7. The first kappa shape index (κ1) is 27.1. The van der Waals surface area contributed by atoms with Crippen LogP contribution in [-0.2, 0) is 22.4 Å². The molecule has 1 aliphatic rings. The van der Waals surface area contributed by atoms with E-state index in [4.69, 9.17) is 4.42 Å². The SMILES string of the molecule is C=CC(=O)Nc1ccc(C(=O)N2CCCC(Cc3ncc(SCc4ncc(C(C)(C)C)o4)s3)[C@H]2C)cc1. The van der Waals surface area contributed by atoms with Gasteiger partial charge in [-0.1, -0.05) is 27.4 Å². The number of aromatic nitrogens is 2. The fraction of sp³-hybridized carbons (Fsp3) is 0.429. The average molecular weight is 539 g/mol. The van der Waals surface area contributed by atoms with Crippen molar-refractivity contribution in [2.24, 2.45) is 5.92 Å². The summed E-state index contributed by atoms with van der Waals surface area (Å²) >= 11 is 3.41. The van der Waals surface area contributed by atoms with E-state index in [0.717, 1.165) is 46.7 Å². The lowest BCUT2D eigenvalue weighted by Gasteiger charge is -2.39. The Kier molecular flexibility index (Phi) is 8.54. The van der Waals surface area contributed by atoms with Crippen LogP contribution in [0.5, 0.6) is 0 Å². The Labute approximate surface area is 226 Å². The van der Waals surface area contributed by atoms with Gasteiger partial charge in [-0.2, -0.15) is 0 Å². The summed E-state index contributed by atoms with van der Waals surface area (Å²) in [5.41, 5.74) is 1.21. The molecule has 1 saturated heterocycles. The molecule has 0 saturated carbocycles. The van der Waals surface area contributed by atoms with Crippen LogP contribution in [0, 0.1) is 5.92 Å². The Morgan fingerprint density at radius 3 is 2.68 bits per heavy atom. The third-order valence-corrected chi connectivity index (χ3v) is 8.79. The molecule has 1 aromatic carbocycles. The number of anilines is 1. The van der Waals surface area contributed by atoms with Crippen molar-refractivity contribution in [3.05, 3.63) is 71.5 Å². The normalized spacial score (nSPS) is 18.0. The molecular weight excluding hydrogens is 504 g/mol. The van der Waals surface area contributed by atoms with Crippen LogP contribution in [-0.4, -0.2) is 39.3 Å². The maximum atomic E-state index is 13.3. The Hall–Kier alpha value is -2.91. The number of amides is 2. The van der Waals surface area contributed by atoms with Crippen LogP contribution in [0.1, 0.15) is 67.6 Å². The molecule has 7 nitrogen and oxygen atoms in total. The maximum Gasteiger partial charge on any atom is 0.254 e. The minimum absolute atomic E-state index is 0.0229. The molecule has 3 heterocycles. The van der Waals surface area contributed by atoms with Gasteiger partial charge >= 0.3 is 0 Å². The van der Waals surface area contributed by atoms with Gasteiger partial charge in [-0.3, -0.25) is 9.59 Å². The Morgan fingerprint density at radius 2 is 2.00 bits per heavy atom. The number of benzene rings is 1. The van der Waals surface area contributed by atoms with Crippen LogP contribution >= 0.6 is 23.1 Å². The van der Waals surface area contributed by atoms with Gasteiger partial charge in [0.1, 0.15) is 5.76 Å². The van der Waals surface area contributed by atoms with Crippen LogP contribution in [0.4, 0.5) is 5.69 Å². The van der Waals surface area contributed by atoms with E-state index in [1.807, 2.05) is 17.3 Å². The van der Waals surface area contributed by atoms with E-state index >= 15 is 0 Å². The van der Waals surface area contributed by atoms with Gasteiger partial charge in [-0.25, -0.2) is 9.97 Å². The number of hydrogen-bond donors (Lipinski definition) is 1. The molecular formula is C28H34N4O3S2. The largest absolute Gasteiger partial charge is 0.444 e. The Bertz CT molecular complexity index is 1240. The molecule has 4 rings (SSSR count). The molecule has 1 aliphatic heterocycles. The number of carbonyl (C=O) groups is 2. The minimum Gasteiger partial charge on any atom is -0.444 e. The van der Waals surface area contributed by atoms with Gasteiger partial charge in [-0.15, -0.1) is 23.1 Å². The number of likely N-dealkylation sites (tertiary alicyclic amines) is 1. The second kappa shape index (κ2) is 11.6. The zero-order valence-electron chi connectivity index (χ0n) is 21.8. The highest BCUT2D eigenvalue weighted by atomic mass is 32.2. The van der Waals surface area contributed by atoms with E-state index in [1.165, 1.54) is 6.08 Å². The number of nitrogens with one attached hydrogen (secondary N) is 1. The molecule has 2 amide bonds. The number of oxazole rings is 1. The number of nitrogens with zero attached hydrogens (tertiary/aromatic N) is 3. The minimum atomic E-state index is -0.275. The zero-order valence-corrected chi connectivity index (χ0v) is 23.5. The van der Waals surface area contributed by atoms with Gasteiger partial charge in [0, 0.05) is 35.7 Å². The molecule has 0 spiro atoms. The van der Waals surface area contributed by atoms with Crippen LogP contribution in [0.2, 0.25) is 0 Å². The Balaban J connectivity index is 1.33. The molecule has 0 aliphatic carbocycles. The van der Waals surface area contributed by atoms with Crippen LogP contribution in [0.25, 0.3) is 0 Å². The number of rotatable bonds is 8. The van der Waals surface area contributed by atoms with Crippen molar-refractivity contribution >= 4 is 40.6 Å². The highest BCUT2D eigenvalue weighted by Gasteiger charge is 2.32. The summed E-state index contributed by atoms with van der Waals surface area (Å²) in [6, 6.07) is 7.14. The van der Waals surface area contributed by atoms with Crippen molar-refractivity contribution in [1.29, 1.82) is 0 Å². The van der Waals surface area contributed by atoms with Crippen LogP contribution in [0.15, 0.2) is 57.9 Å². The maximum absolute atomic E-state index is 13.3. The van der Waals surface area contributed by atoms with E-state index in [1.54, 1.807) is 47.4 Å². The van der Waals surface area contributed by atoms with Crippen molar-refractivity contribution in [3.63, 3.8) is 0 Å². The number of piperidine rings is 1. The summed E-state index contributed by atoms with van der Waals surface area (Å²) in [6.07, 6.45) is 7.88. The van der Waals surface area contributed by atoms with Gasteiger partial charge in [0.25, 0.3) is 5.91 Å².